The van der Waals surface area contributed by atoms with Gasteiger partial charge in [0, 0.05) is 37.4 Å². The lowest BCUT2D eigenvalue weighted by molar-refractivity contribution is 0.102. The quantitative estimate of drug-likeness (QED) is 0.448. The van der Waals surface area contributed by atoms with Crippen LogP contribution in [0.3, 0.4) is 0 Å². The second kappa shape index (κ2) is 9.13. The van der Waals surface area contributed by atoms with Crippen LogP contribution in [0.2, 0.25) is 0 Å². The number of piperazine rings is 1. The molecule has 1 fully saturated rings. The number of carbonyl (C=O) groups is 1. The SMILES string of the molecule is O=C(Nc1nc2ccccc2s1)c1cccc(S(=O)(=O)N2CCN(c3ccc(F)cc3)CC2)c1. The van der Waals surface area contributed by atoms with Crippen LogP contribution >= 0.6 is 11.3 Å². The first kappa shape index (κ1) is 22.5. The van der Waals surface area contributed by atoms with Crippen LogP contribution in [0.25, 0.3) is 10.2 Å². The average Bonchev–Trinajstić information content (AvgIpc) is 3.27. The zero-order valence-electron chi connectivity index (χ0n) is 18.0. The fourth-order valence-corrected chi connectivity index (χ4v) is 6.21. The summed E-state index contributed by atoms with van der Waals surface area (Å²) in [5.41, 5.74) is 1.89. The summed E-state index contributed by atoms with van der Waals surface area (Å²) in [6.45, 7) is 1.56. The zero-order chi connectivity index (χ0) is 23.7. The van der Waals surface area contributed by atoms with Crippen molar-refractivity contribution in [2.75, 3.05) is 36.4 Å². The summed E-state index contributed by atoms with van der Waals surface area (Å²) in [7, 11) is -3.77. The van der Waals surface area contributed by atoms with Crippen molar-refractivity contribution in [2.24, 2.45) is 0 Å². The topological polar surface area (TPSA) is 82.6 Å². The third-order valence-corrected chi connectivity index (χ3v) is 8.53. The van der Waals surface area contributed by atoms with Crippen LogP contribution in [0.5, 0.6) is 0 Å². The van der Waals surface area contributed by atoms with Gasteiger partial charge in [0.2, 0.25) is 10.0 Å². The van der Waals surface area contributed by atoms with Crippen molar-refractivity contribution in [2.45, 2.75) is 4.90 Å². The standard InChI is InChI=1S/C24H21FN4O3S2/c25-18-8-10-19(11-9-18)28-12-14-29(15-13-28)34(31,32)20-5-3-4-17(16-20)23(30)27-24-26-21-6-1-2-7-22(21)33-24/h1-11,16H,12-15H2,(H,26,27,30). The molecule has 4 aromatic rings. The predicted octanol–water partition coefficient (Wildman–Crippen LogP) is 4.20. The number of sulfonamides is 1. The number of anilines is 2. The van der Waals surface area contributed by atoms with Crippen molar-refractivity contribution in [1.82, 2.24) is 9.29 Å². The molecule has 1 aliphatic rings. The molecular formula is C24H21FN4O3S2. The Morgan fingerprint density at radius 2 is 1.68 bits per heavy atom. The molecule has 1 aromatic heterocycles. The van der Waals surface area contributed by atoms with Gasteiger partial charge in [0.15, 0.2) is 5.13 Å². The number of fused-ring (bicyclic) bond motifs is 1. The highest BCUT2D eigenvalue weighted by Gasteiger charge is 2.29. The van der Waals surface area contributed by atoms with Gasteiger partial charge < -0.3 is 4.90 Å². The van der Waals surface area contributed by atoms with E-state index in [1.165, 1.54) is 39.9 Å². The number of nitrogens with zero attached hydrogens (tertiary/aromatic N) is 3. The smallest absolute Gasteiger partial charge is 0.257 e. The second-order valence-corrected chi connectivity index (χ2v) is 10.8. The van der Waals surface area contributed by atoms with Crippen molar-refractivity contribution in [3.63, 3.8) is 0 Å². The number of halogens is 1. The molecule has 1 amide bonds. The van der Waals surface area contributed by atoms with Gasteiger partial charge in [-0.1, -0.05) is 29.5 Å². The van der Waals surface area contributed by atoms with Gasteiger partial charge in [-0.15, -0.1) is 0 Å². The Hall–Kier alpha value is -3.34. The van der Waals surface area contributed by atoms with E-state index in [9.17, 15) is 17.6 Å². The van der Waals surface area contributed by atoms with Crippen molar-refractivity contribution < 1.29 is 17.6 Å². The number of rotatable bonds is 5. The first-order valence-corrected chi connectivity index (χ1v) is 12.9. The maximum atomic E-state index is 13.2. The number of para-hydroxylation sites is 1. The summed E-state index contributed by atoms with van der Waals surface area (Å²) in [5.74, 6) is -0.728. The summed E-state index contributed by atoms with van der Waals surface area (Å²) < 4.78 is 42.0. The fraction of sp³-hybridized carbons (Fsp3) is 0.167. The zero-order valence-corrected chi connectivity index (χ0v) is 19.7. The highest BCUT2D eigenvalue weighted by molar-refractivity contribution is 7.89. The largest absolute Gasteiger partial charge is 0.369 e. The Balaban J connectivity index is 1.29. The van der Waals surface area contributed by atoms with E-state index in [-0.39, 0.29) is 16.3 Å². The molecule has 5 rings (SSSR count). The predicted molar refractivity (Wildman–Crippen MR) is 131 cm³/mol. The first-order valence-electron chi connectivity index (χ1n) is 10.7. The Bertz CT molecular complexity index is 1410. The molecule has 34 heavy (non-hydrogen) atoms. The highest BCUT2D eigenvalue weighted by atomic mass is 32.2. The monoisotopic (exact) mass is 496 g/mol. The van der Waals surface area contributed by atoms with Crippen LogP contribution in [0.1, 0.15) is 10.4 Å². The van der Waals surface area contributed by atoms with Crippen LogP contribution in [-0.4, -0.2) is 49.8 Å². The number of hydrogen-bond donors (Lipinski definition) is 1. The van der Waals surface area contributed by atoms with Crippen LogP contribution in [-0.2, 0) is 10.0 Å². The summed E-state index contributed by atoms with van der Waals surface area (Å²) in [5, 5.41) is 3.22. The molecule has 0 radical (unpaired) electrons. The van der Waals surface area contributed by atoms with E-state index in [1.807, 2.05) is 29.2 Å². The molecule has 1 saturated heterocycles. The summed E-state index contributed by atoms with van der Waals surface area (Å²) in [4.78, 5) is 19.3. The van der Waals surface area contributed by atoms with Crippen molar-refractivity contribution >= 4 is 48.3 Å². The molecule has 0 aliphatic carbocycles. The molecule has 0 bridgehead atoms. The first-order chi connectivity index (χ1) is 16.4. The van der Waals surface area contributed by atoms with Gasteiger partial charge >= 0.3 is 0 Å². The van der Waals surface area contributed by atoms with Crippen LogP contribution in [0, 0.1) is 5.82 Å². The van der Waals surface area contributed by atoms with Gasteiger partial charge in [-0.25, -0.2) is 17.8 Å². The molecule has 3 aromatic carbocycles. The highest BCUT2D eigenvalue weighted by Crippen LogP contribution is 2.26. The maximum absolute atomic E-state index is 13.2. The number of amides is 1. The number of carbonyl (C=O) groups excluding carboxylic acids is 1. The molecule has 0 unspecified atom stereocenters. The lowest BCUT2D eigenvalue weighted by Crippen LogP contribution is -2.48. The fourth-order valence-electron chi connectivity index (χ4n) is 3.88. The van der Waals surface area contributed by atoms with Crippen LogP contribution in [0.15, 0.2) is 77.7 Å². The van der Waals surface area contributed by atoms with E-state index < -0.39 is 15.9 Å². The number of nitrogens with one attached hydrogen (secondary N) is 1. The van der Waals surface area contributed by atoms with Crippen molar-refractivity contribution in [1.29, 1.82) is 0 Å². The van der Waals surface area contributed by atoms with Gasteiger partial charge in [0.1, 0.15) is 5.82 Å². The summed E-state index contributed by atoms with van der Waals surface area (Å²) in [6.07, 6.45) is 0. The van der Waals surface area contributed by atoms with E-state index in [0.29, 0.717) is 31.3 Å². The molecular weight excluding hydrogens is 475 g/mol. The number of aromatic nitrogens is 1. The molecule has 2 heterocycles. The minimum atomic E-state index is -3.77. The van der Waals surface area contributed by atoms with Crippen LogP contribution in [0.4, 0.5) is 15.2 Å². The van der Waals surface area contributed by atoms with Crippen molar-refractivity contribution in [3.05, 3.63) is 84.2 Å². The van der Waals surface area contributed by atoms with Gasteiger partial charge in [-0.05, 0) is 54.6 Å². The Kier molecular flexibility index (Phi) is 6.03. The molecule has 0 atom stereocenters. The van der Waals surface area contributed by atoms with E-state index >= 15 is 0 Å². The lowest BCUT2D eigenvalue weighted by atomic mass is 10.2. The van der Waals surface area contributed by atoms with Gasteiger partial charge in [0.25, 0.3) is 5.91 Å². The van der Waals surface area contributed by atoms with Crippen LogP contribution < -0.4 is 10.2 Å². The van der Waals surface area contributed by atoms with E-state index in [4.69, 9.17) is 0 Å². The number of thiazole rings is 1. The van der Waals surface area contributed by atoms with Crippen molar-refractivity contribution in [3.8, 4) is 0 Å². The Morgan fingerprint density at radius 1 is 0.941 bits per heavy atom. The minimum absolute atomic E-state index is 0.0692. The van der Waals surface area contributed by atoms with E-state index in [1.54, 1.807) is 24.3 Å². The van der Waals surface area contributed by atoms with E-state index in [2.05, 4.69) is 10.3 Å². The number of benzene rings is 3. The van der Waals surface area contributed by atoms with Gasteiger partial charge in [-0.3, -0.25) is 10.1 Å². The second-order valence-electron chi connectivity index (χ2n) is 7.84. The molecule has 174 valence electrons. The molecule has 0 saturated carbocycles. The molecule has 1 aliphatic heterocycles. The van der Waals surface area contributed by atoms with Gasteiger partial charge in [0.05, 0.1) is 15.1 Å². The normalized spacial score (nSPS) is 14.9. The van der Waals surface area contributed by atoms with E-state index in [0.717, 1.165) is 15.9 Å². The summed E-state index contributed by atoms with van der Waals surface area (Å²) >= 11 is 1.36. The average molecular weight is 497 g/mol. The Morgan fingerprint density at radius 3 is 2.41 bits per heavy atom. The maximum Gasteiger partial charge on any atom is 0.257 e. The third kappa shape index (κ3) is 4.52. The summed E-state index contributed by atoms with van der Waals surface area (Å²) in [6, 6.07) is 19.8. The molecule has 7 nitrogen and oxygen atoms in total. The molecule has 1 N–H and O–H groups in total. The lowest BCUT2D eigenvalue weighted by Gasteiger charge is -2.35. The third-order valence-electron chi connectivity index (χ3n) is 5.68. The molecule has 10 heteroatoms. The Labute approximate surface area is 200 Å². The minimum Gasteiger partial charge on any atom is -0.369 e. The molecule has 0 spiro atoms. The number of hydrogen-bond acceptors (Lipinski definition) is 6. The van der Waals surface area contributed by atoms with Gasteiger partial charge in [-0.2, -0.15) is 4.31 Å².